The van der Waals surface area contributed by atoms with E-state index in [1.165, 1.54) is 18.9 Å². The summed E-state index contributed by atoms with van der Waals surface area (Å²) in [5.41, 5.74) is 1.69. The van der Waals surface area contributed by atoms with E-state index < -0.39 is 5.97 Å². The SMILES string of the molecule is COCCn1c(SCC(=O)Nc2ccc(C(=O)OC)cc2)nc2c(c1=O)SC(C)C2. The maximum Gasteiger partial charge on any atom is 0.337 e. The number of esters is 1. The van der Waals surface area contributed by atoms with E-state index in [1.54, 1.807) is 47.7 Å². The molecule has 10 heteroatoms. The Labute approximate surface area is 182 Å². The van der Waals surface area contributed by atoms with Crippen LogP contribution in [0.4, 0.5) is 5.69 Å². The van der Waals surface area contributed by atoms with Crippen molar-refractivity contribution in [3.63, 3.8) is 0 Å². The monoisotopic (exact) mass is 449 g/mol. The Balaban J connectivity index is 1.69. The van der Waals surface area contributed by atoms with Crippen LogP contribution < -0.4 is 10.9 Å². The number of hydrogen-bond donors (Lipinski definition) is 1. The molecule has 1 unspecified atom stereocenters. The van der Waals surface area contributed by atoms with Crippen LogP contribution in [-0.2, 0) is 27.2 Å². The van der Waals surface area contributed by atoms with E-state index in [-0.39, 0.29) is 17.2 Å². The second-order valence-corrected chi connectivity index (χ2v) is 9.05. The van der Waals surface area contributed by atoms with Gasteiger partial charge in [-0.1, -0.05) is 18.7 Å². The van der Waals surface area contributed by atoms with Crippen molar-refractivity contribution in [2.45, 2.75) is 35.2 Å². The first kappa shape index (κ1) is 22.4. The van der Waals surface area contributed by atoms with Gasteiger partial charge in [0.05, 0.1) is 42.2 Å². The summed E-state index contributed by atoms with van der Waals surface area (Å²) in [5.74, 6) is -0.575. The lowest BCUT2D eigenvalue weighted by Gasteiger charge is -2.13. The largest absolute Gasteiger partial charge is 0.465 e. The number of methoxy groups -OCH3 is 2. The average Bonchev–Trinajstić information content (AvgIpc) is 3.12. The second kappa shape index (κ2) is 10.1. The predicted molar refractivity (Wildman–Crippen MR) is 117 cm³/mol. The number of anilines is 1. The van der Waals surface area contributed by atoms with Crippen LogP contribution in [0.15, 0.2) is 39.1 Å². The van der Waals surface area contributed by atoms with Gasteiger partial charge in [0, 0.05) is 24.5 Å². The number of nitrogens with one attached hydrogen (secondary N) is 1. The highest BCUT2D eigenvalue weighted by Crippen LogP contribution is 2.34. The predicted octanol–water partition coefficient (Wildman–Crippen LogP) is 2.44. The van der Waals surface area contributed by atoms with Gasteiger partial charge in [0.25, 0.3) is 5.56 Å². The first-order valence-corrected chi connectivity index (χ1v) is 11.2. The number of fused-ring (bicyclic) bond motifs is 1. The van der Waals surface area contributed by atoms with Gasteiger partial charge in [-0.15, -0.1) is 11.8 Å². The number of nitrogens with zero attached hydrogens (tertiary/aromatic N) is 2. The number of aromatic nitrogens is 2. The molecule has 1 aliphatic rings. The Kier molecular flexibility index (Phi) is 7.57. The van der Waals surface area contributed by atoms with Gasteiger partial charge < -0.3 is 14.8 Å². The van der Waals surface area contributed by atoms with E-state index in [0.717, 1.165) is 12.1 Å². The molecule has 0 saturated heterocycles. The van der Waals surface area contributed by atoms with Gasteiger partial charge in [-0.2, -0.15) is 0 Å². The molecule has 1 aromatic heterocycles. The molecule has 2 aromatic rings. The van der Waals surface area contributed by atoms with Gasteiger partial charge in [-0.3, -0.25) is 14.2 Å². The van der Waals surface area contributed by atoms with Crippen LogP contribution in [0.2, 0.25) is 0 Å². The Morgan fingerprint density at radius 1 is 1.30 bits per heavy atom. The van der Waals surface area contributed by atoms with Gasteiger partial charge in [-0.05, 0) is 24.3 Å². The number of amides is 1. The molecule has 1 amide bonds. The number of thioether (sulfide) groups is 2. The van der Waals surface area contributed by atoms with Gasteiger partial charge in [0.15, 0.2) is 5.16 Å². The van der Waals surface area contributed by atoms with Crippen LogP contribution in [0, 0.1) is 0 Å². The zero-order chi connectivity index (χ0) is 21.7. The van der Waals surface area contributed by atoms with Crippen molar-refractivity contribution >= 4 is 41.1 Å². The molecular weight excluding hydrogens is 426 g/mol. The van der Waals surface area contributed by atoms with Crippen LogP contribution in [0.5, 0.6) is 0 Å². The lowest BCUT2D eigenvalue weighted by atomic mass is 10.2. The van der Waals surface area contributed by atoms with Gasteiger partial charge in [0.2, 0.25) is 5.91 Å². The number of rotatable bonds is 8. The molecule has 1 aromatic carbocycles. The molecule has 1 atom stereocenters. The van der Waals surface area contributed by atoms with Crippen LogP contribution in [0.3, 0.4) is 0 Å². The summed E-state index contributed by atoms with van der Waals surface area (Å²) >= 11 is 2.77. The summed E-state index contributed by atoms with van der Waals surface area (Å²) in [5, 5.41) is 3.61. The molecule has 1 N–H and O–H groups in total. The molecule has 2 heterocycles. The molecule has 0 bridgehead atoms. The fourth-order valence-corrected chi connectivity index (χ4v) is 4.91. The molecule has 3 rings (SSSR count). The summed E-state index contributed by atoms with van der Waals surface area (Å²) in [6.45, 7) is 2.83. The lowest BCUT2D eigenvalue weighted by molar-refractivity contribution is -0.113. The zero-order valence-electron chi connectivity index (χ0n) is 17.0. The number of carbonyl (C=O) groups excluding carboxylic acids is 2. The summed E-state index contributed by atoms with van der Waals surface area (Å²) < 4.78 is 11.4. The Morgan fingerprint density at radius 3 is 2.70 bits per heavy atom. The number of hydrogen-bond acceptors (Lipinski definition) is 8. The summed E-state index contributed by atoms with van der Waals surface area (Å²) in [7, 11) is 2.89. The van der Waals surface area contributed by atoms with Crippen LogP contribution >= 0.6 is 23.5 Å². The third-order valence-electron chi connectivity index (χ3n) is 4.40. The maximum atomic E-state index is 12.9. The Hall–Kier alpha value is -2.30. The standard InChI is InChI=1S/C20H23N3O5S2/c1-12-10-15-17(30-12)18(25)23(8-9-27-2)20(22-15)29-11-16(24)21-14-6-4-13(5-7-14)19(26)28-3/h4-7,12H,8-11H2,1-3H3,(H,21,24). The molecule has 0 aliphatic carbocycles. The molecule has 30 heavy (non-hydrogen) atoms. The topological polar surface area (TPSA) is 99.5 Å². The minimum Gasteiger partial charge on any atom is -0.465 e. The Morgan fingerprint density at radius 2 is 2.03 bits per heavy atom. The summed E-state index contributed by atoms with van der Waals surface area (Å²) in [6.07, 6.45) is 0.743. The number of ether oxygens (including phenoxy) is 2. The van der Waals surface area contributed by atoms with Gasteiger partial charge >= 0.3 is 5.97 Å². The highest BCUT2D eigenvalue weighted by Gasteiger charge is 2.26. The molecule has 160 valence electrons. The van der Waals surface area contributed by atoms with E-state index in [1.807, 2.05) is 0 Å². The van der Waals surface area contributed by atoms with Crippen LogP contribution in [-0.4, -0.2) is 53.3 Å². The normalized spacial score (nSPS) is 15.0. The molecule has 0 fully saturated rings. The minimum atomic E-state index is -0.437. The third-order valence-corrected chi connectivity index (χ3v) is 6.60. The second-order valence-electron chi connectivity index (χ2n) is 6.66. The van der Waals surface area contributed by atoms with E-state index >= 15 is 0 Å². The first-order valence-electron chi connectivity index (χ1n) is 9.33. The van der Waals surface area contributed by atoms with Crippen molar-refractivity contribution < 1.29 is 19.1 Å². The van der Waals surface area contributed by atoms with Crippen LogP contribution in [0.1, 0.15) is 23.0 Å². The van der Waals surface area contributed by atoms with Crippen molar-refractivity contribution in [1.82, 2.24) is 9.55 Å². The van der Waals surface area contributed by atoms with Crippen molar-refractivity contribution in [2.24, 2.45) is 0 Å². The molecule has 8 nitrogen and oxygen atoms in total. The number of carbonyl (C=O) groups is 2. The maximum absolute atomic E-state index is 12.9. The zero-order valence-corrected chi connectivity index (χ0v) is 18.6. The summed E-state index contributed by atoms with van der Waals surface area (Å²) in [6, 6.07) is 6.43. The first-order chi connectivity index (χ1) is 14.4. The minimum absolute atomic E-state index is 0.0762. The quantitative estimate of drug-likeness (QED) is 0.373. The van der Waals surface area contributed by atoms with E-state index in [2.05, 4.69) is 22.0 Å². The van der Waals surface area contributed by atoms with E-state index in [9.17, 15) is 14.4 Å². The molecule has 0 spiro atoms. The van der Waals surface area contributed by atoms with Crippen molar-refractivity contribution in [3.8, 4) is 0 Å². The fraction of sp³-hybridized carbons (Fsp3) is 0.400. The third kappa shape index (κ3) is 5.24. The van der Waals surface area contributed by atoms with Gasteiger partial charge in [-0.25, -0.2) is 9.78 Å². The van der Waals surface area contributed by atoms with Crippen molar-refractivity contribution in [1.29, 1.82) is 0 Å². The highest BCUT2D eigenvalue weighted by atomic mass is 32.2. The molecular formula is C20H23N3O5S2. The smallest absolute Gasteiger partial charge is 0.337 e. The van der Waals surface area contributed by atoms with Crippen molar-refractivity contribution in [3.05, 3.63) is 45.9 Å². The average molecular weight is 450 g/mol. The summed E-state index contributed by atoms with van der Waals surface area (Å²) in [4.78, 5) is 42.1. The van der Waals surface area contributed by atoms with Crippen LogP contribution in [0.25, 0.3) is 0 Å². The lowest BCUT2D eigenvalue weighted by Crippen LogP contribution is -2.27. The molecule has 0 saturated carbocycles. The molecule has 0 radical (unpaired) electrons. The Bertz CT molecular complexity index is 991. The number of benzene rings is 1. The van der Waals surface area contributed by atoms with E-state index in [4.69, 9.17) is 4.74 Å². The van der Waals surface area contributed by atoms with Gasteiger partial charge in [0.1, 0.15) is 0 Å². The highest BCUT2D eigenvalue weighted by molar-refractivity contribution is 8.00. The van der Waals surface area contributed by atoms with E-state index in [0.29, 0.717) is 39.7 Å². The van der Waals surface area contributed by atoms with Crippen molar-refractivity contribution in [2.75, 3.05) is 31.9 Å². The molecule has 1 aliphatic heterocycles. The fourth-order valence-electron chi connectivity index (χ4n) is 2.96.